The third-order valence-electron chi connectivity index (χ3n) is 3.76. The van der Waals surface area contributed by atoms with Crippen LogP contribution >= 0.6 is 15.9 Å². The highest BCUT2D eigenvalue weighted by Gasteiger charge is 2.13. The molecule has 4 aromatic rings. The molecule has 2 heterocycles. The predicted molar refractivity (Wildman–Crippen MR) is 97.0 cm³/mol. The Morgan fingerprint density at radius 1 is 1.04 bits per heavy atom. The summed E-state index contributed by atoms with van der Waals surface area (Å²) in [4.78, 5) is 12.1. The number of nitrogens with one attached hydrogen (secondary N) is 1. The Bertz CT molecular complexity index is 1000. The highest BCUT2D eigenvalue weighted by Crippen LogP contribution is 2.28. The molecule has 0 radical (unpaired) electrons. The highest BCUT2D eigenvalue weighted by molar-refractivity contribution is 9.10. The number of para-hydroxylation sites is 1. The number of hydrogen-bond donors (Lipinski definition) is 1. The molecule has 2 aromatic carbocycles. The first-order valence-corrected chi connectivity index (χ1v) is 8.47. The summed E-state index contributed by atoms with van der Waals surface area (Å²) in [6, 6.07) is 18.6. The van der Waals surface area contributed by atoms with Gasteiger partial charge in [-0.1, -0.05) is 39.3 Å². The maximum absolute atomic E-state index is 12.1. The van der Waals surface area contributed by atoms with Crippen LogP contribution in [0.4, 0.5) is 0 Å². The van der Waals surface area contributed by atoms with Crippen molar-refractivity contribution in [3.8, 4) is 11.5 Å². The van der Waals surface area contributed by atoms with Gasteiger partial charge in [0.15, 0.2) is 5.76 Å². The number of amides is 1. The van der Waals surface area contributed by atoms with Gasteiger partial charge in [-0.15, -0.1) is 0 Å². The molecular formula is C19H13BrN2O3. The molecule has 0 saturated carbocycles. The van der Waals surface area contributed by atoms with Gasteiger partial charge >= 0.3 is 0 Å². The van der Waals surface area contributed by atoms with Crippen LogP contribution < -0.4 is 5.32 Å². The van der Waals surface area contributed by atoms with E-state index in [1.54, 1.807) is 18.2 Å². The third kappa shape index (κ3) is 3.34. The Hall–Kier alpha value is -2.86. The second-order valence-corrected chi connectivity index (χ2v) is 6.44. The molecule has 0 saturated heterocycles. The molecule has 0 spiro atoms. The van der Waals surface area contributed by atoms with Crippen molar-refractivity contribution < 1.29 is 13.7 Å². The van der Waals surface area contributed by atoms with E-state index in [1.165, 1.54) is 0 Å². The standard InChI is InChI=1S/C19H13BrN2O3/c20-14-7-5-12(6-8-14)19(23)21-11-15-10-18(25-22-15)17-9-13-3-1-2-4-16(13)24-17/h1-10H,11H2,(H,21,23). The van der Waals surface area contributed by atoms with Crippen molar-refractivity contribution >= 4 is 32.8 Å². The number of nitrogens with zero attached hydrogens (tertiary/aromatic N) is 1. The molecule has 0 bridgehead atoms. The van der Waals surface area contributed by atoms with Gasteiger partial charge in [0.05, 0.1) is 6.54 Å². The number of carbonyl (C=O) groups is 1. The fourth-order valence-electron chi connectivity index (χ4n) is 2.49. The molecule has 0 atom stereocenters. The SMILES string of the molecule is O=C(NCc1cc(-c2cc3ccccc3o2)on1)c1ccc(Br)cc1. The Labute approximate surface area is 151 Å². The molecule has 0 aliphatic heterocycles. The minimum absolute atomic E-state index is 0.166. The first-order valence-electron chi connectivity index (χ1n) is 7.67. The summed E-state index contributed by atoms with van der Waals surface area (Å²) in [5, 5.41) is 7.80. The Balaban J connectivity index is 1.46. The van der Waals surface area contributed by atoms with Crippen LogP contribution in [0.1, 0.15) is 16.1 Å². The zero-order chi connectivity index (χ0) is 17.2. The first kappa shape index (κ1) is 15.7. The molecule has 0 aliphatic carbocycles. The van der Waals surface area contributed by atoms with Crippen LogP contribution in [-0.4, -0.2) is 11.1 Å². The lowest BCUT2D eigenvalue weighted by molar-refractivity contribution is 0.0950. The average molecular weight is 397 g/mol. The van der Waals surface area contributed by atoms with Crippen LogP contribution in [0.5, 0.6) is 0 Å². The van der Waals surface area contributed by atoms with Gasteiger partial charge in [-0.2, -0.15) is 0 Å². The molecule has 5 nitrogen and oxygen atoms in total. The molecule has 0 aliphatic rings. The zero-order valence-corrected chi connectivity index (χ0v) is 14.6. The lowest BCUT2D eigenvalue weighted by Crippen LogP contribution is -2.22. The minimum Gasteiger partial charge on any atom is -0.453 e. The molecule has 124 valence electrons. The first-order chi connectivity index (χ1) is 12.2. The number of carbonyl (C=O) groups excluding carboxylic acids is 1. The lowest BCUT2D eigenvalue weighted by atomic mass is 10.2. The van der Waals surface area contributed by atoms with Crippen LogP contribution in [0.25, 0.3) is 22.5 Å². The van der Waals surface area contributed by atoms with Crippen molar-refractivity contribution in [2.24, 2.45) is 0 Å². The summed E-state index contributed by atoms with van der Waals surface area (Å²) >= 11 is 3.34. The van der Waals surface area contributed by atoms with Gasteiger partial charge in [-0.3, -0.25) is 4.79 Å². The largest absolute Gasteiger partial charge is 0.453 e. The summed E-state index contributed by atoms with van der Waals surface area (Å²) < 4.78 is 12.0. The van der Waals surface area contributed by atoms with Gasteiger partial charge in [-0.05, 0) is 36.4 Å². The molecule has 6 heteroatoms. The van der Waals surface area contributed by atoms with Crippen molar-refractivity contribution in [3.63, 3.8) is 0 Å². The van der Waals surface area contributed by atoms with Gasteiger partial charge in [0.2, 0.25) is 5.76 Å². The summed E-state index contributed by atoms with van der Waals surface area (Å²) in [5.41, 5.74) is 2.00. The molecular weight excluding hydrogens is 384 g/mol. The van der Waals surface area contributed by atoms with E-state index >= 15 is 0 Å². The van der Waals surface area contributed by atoms with Gasteiger partial charge in [0, 0.05) is 21.5 Å². The Morgan fingerprint density at radius 3 is 2.64 bits per heavy atom. The van der Waals surface area contributed by atoms with Crippen molar-refractivity contribution in [2.45, 2.75) is 6.54 Å². The zero-order valence-electron chi connectivity index (χ0n) is 13.0. The van der Waals surface area contributed by atoms with E-state index in [4.69, 9.17) is 8.94 Å². The van der Waals surface area contributed by atoms with Crippen LogP contribution in [0, 0.1) is 0 Å². The smallest absolute Gasteiger partial charge is 0.251 e. The quantitative estimate of drug-likeness (QED) is 0.538. The van der Waals surface area contributed by atoms with E-state index in [2.05, 4.69) is 26.4 Å². The predicted octanol–water partition coefficient (Wildman–Crippen LogP) is 4.78. The van der Waals surface area contributed by atoms with Crippen LogP contribution in [-0.2, 0) is 6.54 Å². The van der Waals surface area contributed by atoms with E-state index in [9.17, 15) is 4.79 Å². The molecule has 2 aromatic heterocycles. The van der Waals surface area contributed by atoms with E-state index in [1.807, 2.05) is 42.5 Å². The number of rotatable bonds is 4. The monoisotopic (exact) mass is 396 g/mol. The van der Waals surface area contributed by atoms with Crippen molar-refractivity contribution in [3.05, 3.63) is 76.4 Å². The molecule has 0 unspecified atom stereocenters. The van der Waals surface area contributed by atoms with Gasteiger partial charge in [0.1, 0.15) is 11.3 Å². The maximum Gasteiger partial charge on any atom is 0.251 e. The van der Waals surface area contributed by atoms with Crippen molar-refractivity contribution in [2.75, 3.05) is 0 Å². The van der Waals surface area contributed by atoms with E-state index in [-0.39, 0.29) is 12.5 Å². The number of furan rings is 1. The Morgan fingerprint density at radius 2 is 1.84 bits per heavy atom. The normalized spacial score (nSPS) is 10.9. The average Bonchev–Trinajstić information content (AvgIpc) is 3.26. The summed E-state index contributed by atoms with van der Waals surface area (Å²) in [6.45, 7) is 0.276. The van der Waals surface area contributed by atoms with Gasteiger partial charge in [-0.25, -0.2) is 0 Å². The molecule has 0 fully saturated rings. The fourth-order valence-corrected chi connectivity index (χ4v) is 2.75. The summed E-state index contributed by atoms with van der Waals surface area (Å²) in [7, 11) is 0. The second kappa shape index (κ2) is 6.57. The third-order valence-corrected chi connectivity index (χ3v) is 4.29. The van der Waals surface area contributed by atoms with Crippen molar-refractivity contribution in [1.82, 2.24) is 10.5 Å². The number of hydrogen-bond acceptors (Lipinski definition) is 4. The summed E-state index contributed by atoms with van der Waals surface area (Å²) in [5.74, 6) is 0.976. The lowest BCUT2D eigenvalue weighted by Gasteiger charge is -2.02. The van der Waals surface area contributed by atoms with Crippen molar-refractivity contribution in [1.29, 1.82) is 0 Å². The van der Waals surface area contributed by atoms with Crippen LogP contribution in [0.2, 0.25) is 0 Å². The summed E-state index contributed by atoms with van der Waals surface area (Å²) in [6.07, 6.45) is 0. The van der Waals surface area contributed by atoms with E-state index in [0.29, 0.717) is 22.8 Å². The van der Waals surface area contributed by atoms with E-state index in [0.717, 1.165) is 15.4 Å². The van der Waals surface area contributed by atoms with Crippen LogP contribution in [0.15, 0.2) is 74.1 Å². The number of fused-ring (bicyclic) bond motifs is 1. The van der Waals surface area contributed by atoms with E-state index < -0.39 is 0 Å². The van der Waals surface area contributed by atoms with Gasteiger partial charge < -0.3 is 14.3 Å². The maximum atomic E-state index is 12.1. The second-order valence-electron chi connectivity index (χ2n) is 5.52. The highest BCUT2D eigenvalue weighted by atomic mass is 79.9. The van der Waals surface area contributed by atoms with Gasteiger partial charge in [0.25, 0.3) is 5.91 Å². The fraction of sp³-hybridized carbons (Fsp3) is 0.0526. The molecule has 1 amide bonds. The topological polar surface area (TPSA) is 68.3 Å². The number of halogens is 1. The minimum atomic E-state index is -0.166. The molecule has 25 heavy (non-hydrogen) atoms. The molecule has 1 N–H and O–H groups in total. The van der Waals surface area contributed by atoms with Crippen LogP contribution in [0.3, 0.4) is 0 Å². The number of aromatic nitrogens is 1. The number of benzene rings is 2. The molecule has 4 rings (SSSR count). The Kier molecular flexibility index (Phi) is 4.11.